The Morgan fingerprint density at radius 1 is 1.40 bits per heavy atom. The Morgan fingerprint density at radius 2 is 2.10 bits per heavy atom. The van der Waals surface area contributed by atoms with Gasteiger partial charge in [-0.25, -0.2) is 9.37 Å². The Bertz CT molecular complexity index is 596. The molecule has 1 aromatic heterocycles. The molecule has 2 aromatic rings. The highest BCUT2D eigenvalue weighted by Crippen LogP contribution is 2.30. The predicted octanol–water partition coefficient (Wildman–Crippen LogP) is 3.23. The number of rotatable bonds is 5. The molecule has 1 amide bonds. The van der Waals surface area contributed by atoms with Crippen LogP contribution in [0.1, 0.15) is 11.8 Å². The van der Waals surface area contributed by atoms with Crippen molar-refractivity contribution in [2.24, 2.45) is 0 Å². The standard InChI is InChI=1S/C14H15FN2O2S/c1-3-19-8-12(18)16-14-17-13(9(2)20-14)10-4-6-11(15)7-5-10/h4-7H,3,8H2,1-2H3,(H,16,17,18). The van der Waals surface area contributed by atoms with Crippen LogP contribution in [-0.2, 0) is 9.53 Å². The van der Waals surface area contributed by atoms with E-state index in [0.29, 0.717) is 11.7 Å². The Labute approximate surface area is 120 Å². The largest absolute Gasteiger partial charge is 0.372 e. The number of amides is 1. The predicted molar refractivity (Wildman–Crippen MR) is 77.4 cm³/mol. The molecular weight excluding hydrogens is 279 g/mol. The van der Waals surface area contributed by atoms with Gasteiger partial charge in [-0.2, -0.15) is 0 Å². The maximum Gasteiger partial charge on any atom is 0.252 e. The van der Waals surface area contributed by atoms with Crippen LogP contribution in [0.2, 0.25) is 0 Å². The quantitative estimate of drug-likeness (QED) is 0.921. The molecule has 0 aliphatic carbocycles. The van der Waals surface area contributed by atoms with E-state index in [2.05, 4.69) is 10.3 Å². The van der Waals surface area contributed by atoms with Gasteiger partial charge in [-0.05, 0) is 38.1 Å². The van der Waals surface area contributed by atoms with Gasteiger partial charge in [0.1, 0.15) is 12.4 Å². The van der Waals surface area contributed by atoms with Crippen LogP contribution < -0.4 is 5.32 Å². The summed E-state index contributed by atoms with van der Waals surface area (Å²) in [6.45, 7) is 4.24. The molecule has 0 unspecified atom stereocenters. The molecule has 1 heterocycles. The number of halogens is 1. The van der Waals surface area contributed by atoms with Crippen molar-refractivity contribution >= 4 is 22.4 Å². The Balaban J connectivity index is 2.13. The third-order valence-electron chi connectivity index (χ3n) is 2.60. The fraction of sp³-hybridized carbons (Fsp3) is 0.286. The number of carbonyl (C=O) groups excluding carboxylic acids is 1. The van der Waals surface area contributed by atoms with Crippen LogP contribution in [0.25, 0.3) is 11.3 Å². The van der Waals surface area contributed by atoms with Crippen molar-refractivity contribution in [2.45, 2.75) is 13.8 Å². The lowest BCUT2D eigenvalue weighted by Gasteiger charge is -2.01. The van der Waals surface area contributed by atoms with Gasteiger partial charge in [0, 0.05) is 17.0 Å². The van der Waals surface area contributed by atoms with Gasteiger partial charge in [-0.3, -0.25) is 10.1 Å². The van der Waals surface area contributed by atoms with Gasteiger partial charge in [0.25, 0.3) is 5.91 Å². The molecule has 106 valence electrons. The molecule has 2 rings (SSSR count). The van der Waals surface area contributed by atoms with Crippen LogP contribution in [0.15, 0.2) is 24.3 Å². The van der Waals surface area contributed by atoms with Crippen molar-refractivity contribution in [3.63, 3.8) is 0 Å². The second-order valence-corrected chi connectivity index (χ2v) is 5.32. The van der Waals surface area contributed by atoms with E-state index in [4.69, 9.17) is 4.74 Å². The number of nitrogens with zero attached hydrogens (tertiary/aromatic N) is 1. The van der Waals surface area contributed by atoms with Gasteiger partial charge in [0.2, 0.25) is 0 Å². The first-order valence-corrected chi connectivity index (χ1v) is 7.02. The summed E-state index contributed by atoms with van der Waals surface area (Å²) in [5.41, 5.74) is 1.58. The van der Waals surface area contributed by atoms with Crippen LogP contribution in [-0.4, -0.2) is 24.1 Å². The highest BCUT2D eigenvalue weighted by Gasteiger charge is 2.12. The molecule has 0 atom stereocenters. The maximum absolute atomic E-state index is 12.9. The fourth-order valence-corrected chi connectivity index (χ4v) is 2.53. The monoisotopic (exact) mass is 294 g/mol. The van der Waals surface area contributed by atoms with E-state index in [9.17, 15) is 9.18 Å². The number of hydrogen-bond donors (Lipinski definition) is 1. The van der Waals surface area contributed by atoms with Crippen LogP contribution in [0.4, 0.5) is 9.52 Å². The zero-order chi connectivity index (χ0) is 14.5. The molecule has 0 saturated heterocycles. The zero-order valence-electron chi connectivity index (χ0n) is 11.3. The molecule has 0 aliphatic rings. The Morgan fingerprint density at radius 3 is 2.75 bits per heavy atom. The summed E-state index contributed by atoms with van der Waals surface area (Å²) < 4.78 is 17.9. The number of benzene rings is 1. The summed E-state index contributed by atoms with van der Waals surface area (Å²) in [5, 5.41) is 3.21. The number of hydrogen-bond acceptors (Lipinski definition) is 4. The molecule has 0 saturated carbocycles. The molecule has 0 radical (unpaired) electrons. The maximum atomic E-state index is 12.9. The number of ether oxygens (including phenoxy) is 1. The Hall–Kier alpha value is -1.79. The van der Waals surface area contributed by atoms with Crippen molar-refractivity contribution in [1.82, 2.24) is 4.98 Å². The summed E-state index contributed by atoms with van der Waals surface area (Å²) in [4.78, 5) is 16.9. The van der Waals surface area contributed by atoms with E-state index < -0.39 is 0 Å². The van der Waals surface area contributed by atoms with E-state index in [-0.39, 0.29) is 18.3 Å². The zero-order valence-corrected chi connectivity index (χ0v) is 12.1. The van der Waals surface area contributed by atoms with E-state index >= 15 is 0 Å². The number of thiazole rings is 1. The average molecular weight is 294 g/mol. The minimum Gasteiger partial charge on any atom is -0.372 e. The van der Waals surface area contributed by atoms with E-state index in [0.717, 1.165) is 16.1 Å². The summed E-state index contributed by atoms with van der Waals surface area (Å²) >= 11 is 1.38. The first-order chi connectivity index (χ1) is 9.60. The minimum atomic E-state index is -0.285. The molecule has 0 fully saturated rings. The molecule has 1 aromatic carbocycles. The van der Waals surface area contributed by atoms with Crippen molar-refractivity contribution in [1.29, 1.82) is 0 Å². The third-order valence-corrected chi connectivity index (χ3v) is 3.48. The minimum absolute atomic E-state index is 0.0149. The lowest BCUT2D eigenvalue weighted by Crippen LogP contribution is -2.17. The summed E-state index contributed by atoms with van der Waals surface area (Å²) in [6.07, 6.45) is 0. The molecule has 4 nitrogen and oxygen atoms in total. The van der Waals surface area contributed by atoms with Crippen LogP contribution in [0, 0.1) is 12.7 Å². The molecule has 0 bridgehead atoms. The summed E-state index contributed by atoms with van der Waals surface area (Å²) in [5.74, 6) is -0.516. The van der Waals surface area contributed by atoms with Crippen LogP contribution in [0.3, 0.4) is 0 Å². The molecular formula is C14H15FN2O2S. The highest BCUT2D eigenvalue weighted by atomic mass is 32.1. The summed E-state index contributed by atoms with van der Waals surface area (Å²) in [7, 11) is 0. The first-order valence-electron chi connectivity index (χ1n) is 6.21. The number of aryl methyl sites for hydroxylation is 1. The average Bonchev–Trinajstić information content (AvgIpc) is 2.78. The van der Waals surface area contributed by atoms with Crippen molar-refractivity contribution in [3.05, 3.63) is 35.0 Å². The van der Waals surface area contributed by atoms with Gasteiger partial charge < -0.3 is 4.74 Å². The fourth-order valence-electron chi connectivity index (χ4n) is 1.68. The molecule has 6 heteroatoms. The number of carbonyl (C=O) groups is 1. The smallest absolute Gasteiger partial charge is 0.252 e. The SMILES string of the molecule is CCOCC(=O)Nc1nc(-c2ccc(F)cc2)c(C)s1. The van der Waals surface area contributed by atoms with Gasteiger partial charge >= 0.3 is 0 Å². The van der Waals surface area contributed by atoms with Gasteiger partial charge in [-0.15, -0.1) is 11.3 Å². The third kappa shape index (κ3) is 3.61. The van der Waals surface area contributed by atoms with Gasteiger partial charge in [-0.1, -0.05) is 0 Å². The number of aromatic nitrogens is 1. The lowest BCUT2D eigenvalue weighted by molar-refractivity contribution is -0.120. The summed E-state index contributed by atoms with van der Waals surface area (Å²) in [6, 6.07) is 6.12. The van der Waals surface area contributed by atoms with E-state index in [1.165, 1.54) is 23.5 Å². The molecule has 0 aliphatic heterocycles. The number of anilines is 1. The van der Waals surface area contributed by atoms with Crippen LogP contribution >= 0.6 is 11.3 Å². The lowest BCUT2D eigenvalue weighted by atomic mass is 10.1. The van der Waals surface area contributed by atoms with Crippen molar-refractivity contribution < 1.29 is 13.9 Å². The van der Waals surface area contributed by atoms with Crippen LogP contribution in [0.5, 0.6) is 0 Å². The molecule has 0 spiro atoms. The highest BCUT2D eigenvalue weighted by molar-refractivity contribution is 7.16. The van der Waals surface area contributed by atoms with E-state index in [1.807, 2.05) is 13.8 Å². The van der Waals surface area contributed by atoms with Gasteiger partial charge in [0.15, 0.2) is 5.13 Å². The topological polar surface area (TPSA) is 51.2 Å². The Kier molecular flexibility index (Phi) is 4.81. The van der Waals surface area contributed by atoms with Crippen molar-refractivity contribution in [2.75, 3.05) is 18.5 Å². The second-order valence-electron chi connectivity index (χ2n) is 4.12. The molecule has 20 heavy (non-hydrogen) atoms. The second kappa shape index (κ2) is 6.58. The molecule has 1 N–H and O–H groups in total. The first kappa shape index (κ1) is 14.6. The normalized spacial score (nSPS) is 10.6. The van der Waals surface area contributed by atoms with E-state index in [1.54, 1.807) is 12.1 Å². The number of nitrogens with one attached hydrogen (secondary N) is 1. The van der Waals surface area contributed by atoms with Gasteiger partial charge in [0.05, 0.1) is 5.69 Å². The van der Waals surface area contributed by atoms with Crippen molar-refractivity contribution in [3.8, 4) is 11.3 Å².